The predicted octanol–water partition coefficient (Wildman–Crippen LogP) is 1.98. The first-order valence-electron chi connectivity index (χ1n) is 8.94. The number of aromatic carboxylic acids is 1. The fraction of sp³-hybridized carbons (Fsp3) is 0.611. The average Bonchev–Trinajstić information content (AvgIpc) is 3.08. The van der Waals surface area contributed by atoms with E-state index in [1.807, 2.05) is 0 Å². The van der Waals surface area contributed by atoms with E-state index in [4.69, 9.17) is 0 Å². The maximum absolute atomic E-state index is 13.2. The molecule has 138 valence electrons. The number of carbonyl (C=O) groups is 1. The van der Waals surface area contributed by atoms with Crippen molar-refractivity contribution >= 4 is 16.0 Å². The van der Waals surface area contributed by atoms with E-state index in [0.717, 1.165) is 56.4 Å². The molecule has 0 atom stereocenters. The summed E-state index contributed by atoms with van der Waals surface area (Å²) in [6, 6.07) is 2.95. The summed E-state index contributed by atoms with van der Waals surface area (Å²) in [6.07, 6.45) is 3.94. The second kappa shape index (κ2) is 7.05. The number of sulfonamides is 1. The lowest BCUT2D eigenvalue weighted by molar-refractivity contribution is 0.0696. The minimum atomic E-state index is -3.69. The second-order valence-electron chi connectivity index (χ2n) is 6.96. The first-order chi connectivity index (χ1) is 11.8. The molecule has 0 saturated carbocycles. The van der Waals surface area contributed by atoms with Gasteiger partial charge in [-0.3, -0.25) is 0 Å². The van der Waals surface area contributed by atoms with Gasteiger partial charge in [0, 0.05) is 13.1 Å². The number of carboxylic acid groups (broad SMARTS) is 1. The largest absolute Gasteiger partial charge is 0.478 e. The number of hydrogen-bond acceptors (Lipinski definition) is 4. The van der Waals surface area contributed by atoms with Crippen molar-refractivity contribution in [2.75, 3.05) is 26.7 Å². The Balaban J connectivity index is 1.93. The summed E-state index contributed by atoms with van der Waals surface area (Å²) < 4.78 is 27.9. The molecule has 0 unspecified atom stereocenters. The quantitative estimate of drug-likeness (QED) is 0.862. The molecule has 1 aromatic carbocycles. The lowest BCUT2D eigenvalue weighted by Gasteiger charge is -2.35. The van der Waals surface area contributed by atoms with Crippen molar-refractivity contribution in [2.45, 2.75) is 50.0 Å². The molecular weight excluding hydrogens is 340 g/mol. The Kier molecular flexibility index (Phi) is 5.18. The summed E-state index contributed by atoms with van der Waals surface area (Å²) in [6.45, 7) is 4.89. The normalized spacial score (nSPS) is 19.3. The molecular formula is C18H26N2O4S. The van der Waals surface area contributed by atoms with E-state index in [0.29, 0.717) is 6.42 Å². The number of benzene rings is 1. The van der Waals surface area contributed by atoms with Crippen LogP contribution in [0.5, 0.6) is 0 Å². The van der Waals surface area contributed by atoms with Gasteiger partial charge >= 0.3 is 5.97 Å². The molecule has 0 aromatic heterocycles. The van der Waals surface area contributed by atoms with Crippen LogP contribution in [0.3, 0.4) is 0 Å². The Bertz CT molecular complexity index is 768. The maximum Gasteiger partial charge on any atom is 0.335 e. The standard InChI is InChI=1S/C18H26N2O4S/c1-3-20-9-7-15(8-10-20)19(2)25(23,24)17-12-14(18(21)22)11-13-5-4-6-16(13)17/h11-12,15H,3-10H2,1-2H3,(H,21,22). The maximum atomic E-state index is 13.2. The third-order valence-electron chi connectivity index (χ3n) is 5.60. The van der Waals surface area contributed by atoms with Gasteiger partial charge in [0.25, 0.3) is 0 Å². The Morgan fingerprint density at radius 1 is 1.28 bits per heavy atom. The van der Waals surface area contributed by atoms with Gasteiger partial charge < -0.3 is 10.0 Å². The predicted molar refractivity (Wildman–Crippen MR) is 95.5 cm³/mol. The van der Waals surface area contributed by atoms with Gasteiger partial charge in [0.2, 0.25) is 10.0 Å². The summed E-state index contributed by atoms with van der Waals surface area (Å²) in [5.74, 6) is -1.08. The molecule has 0 spiro atoms. The van der Waals surface area contributed by atoms with Crippen LogP contribution in [-0.4, -0.2) is 61.4 Å². The number of fused-ring (bicyclic) bond motifs is 1. The number of hydrogen-bond donors (Lipinski definition) is 1. The number of nitrogens with zero attached hydrogens (tertiary/aromatic N) is 2. The van der Waals surface area contributed by atoms with Crippen molar-refractivity contribution in [1.29, 1.82) is 0 Å². The fourth-order valence-corrected chi connectivity index (χ4v) is 5.70. The number of piperidine rings is 1. The number of likely N-dealkylation sites (tertiary alicyclic amines) is 1. The van der Waals surface area contributed by atoms with E-state index in [2.05, 4.69) is 11.8 Å². The zero-order chi connectivity index (χ0) is 18.2. The molecule has 6 nitrogen and oxygen atoms in total. The summed E-state index contributed by atoms with van der Waals surface area (Å²) >= 11 is 0. The lowest BCUT2D eigenvalue weighted by atomic mass is 10.1. The monoisotopic (exact) mass is 366 g/mol. The highest BCUT2D eigenvalue weighted by Gasteiger charge is 2.34. The molecule has 0 amide bonds. The highest BCUT2D eigenvalue weighted by atomic mass is 32.2. The van der Waals surface area contributed by atoms with Crippen LogP contribution in [0.4, 0.5) is 0 Å². The van der Waals surface area contributed by atoms with Crippen LogP contribution in [-0.2, 0) is 22.9 Å². The average molecular weight is 366 g/mol. The van der Waals surface area contributed by atoms with Gasteiger partial charge in [-0.15, -0.1) is 0 Å². The Morgan fingerprint density at radius 3 is 2.56 bits per heavy atom. The van der Waals surface area contributed by atoms with Crippen molar-refractivity contribution < 1.29 is 18.3 Å². The van der Waals surface area contributed by atoms with Crippen LogP contribution < -0.4 is 0 Å². The van der Waals surface area contributed by atoms with Gasteiger partial charge in [-0.2, -0.15) is 4.31 Å². The van der Waals surface area contributed by atoms with Crippen LogP contribution >= 0.6 is 0 Å². The Labute approximate surface area is 149 Å². The van der Waals surface area contributed by atoms with Crippen LogP contribution in [0.15, 0.2) is 17.0 Å². The van der Waals surface area contributed by atoms with Gasteiger partial charge in [-0.25, -0.2) is 13.2 Å². The van der Waals surface area contributed by atoms with Crippen LogP contribution in [0.1, 0.15) is 47.7 Å². The third-order valence-corrected chi connectivity index (χ3v) is 7.57. The lowest BCUT2D eigenvalue weighted by Crippen LogP contribution is -2.45. The SMILES string of the molecule is CCN1CCC(N(C)S(=O)(=O)c2cc(C(=O)O)cc3c2CCC3)CC1. The van der Waals surface area contributed by atoms with Gasteiger partial charge in [0.05, 0.1) is 10.5 Å². The second-order valence-corrected chi connectivity index (χ2v) is 8.92. The number of rotatable bonds is 5. The zero-order valence-electron chi connectivity index (χ0n) is 14.9. The molecule has 0 radical (unpaired) electrons. The first kappa shape index (κ1) is 18.4. The molecule has 3 rings (SSSR count). The highest BCUT2D eigenvalue weighted by Crippen LogP contribution is 2.33. The molecule has 2 aliphatic rings. The van der Waals surface area contributed by atoms with E-state index in [1.54, 1.807) is 13.1 Å². The van der Waals surface area contributed by atoms with Crippen LogP contribution in [0, 0.1) is 0 Å². The van der Waals surface area contributed by atoms with E-state index >= 15 is 0 Å². The summed E-state index contributed by atoms with van der Waals surface area (Å²) in [4.78, 5) is 13.9. The molecule has 1 heterocycles. The molecule has 1 aliphatic carbocycles. The van der Waals surface area contributed by atoms with Crippen molar-refractivity contribution in [3.8, 4) is 0 Å². The number of aryl methyl sites for hydroxylation is 1. The van der Waals surface area contributed by atoms with Crippen molar-refractivity contribution in [2.24, 2.45) is 0 Å². The van der Waals surface area contributed by atoms with E-state index in [-0.39, 0.29) is 16.5 Å². The fourth-order valence-electron chi connectivity index (χ4n) is 3.97. The molecule has 0 bridgehead atoms. The minimum absolute atomic E-state index is 0.0293. The molecule has 1 aromatic rings. The summed E-state index contributed by atoms with van der Waals surface area (Å²) in [7, 11) is -2.06. The van der Waals surface area contributed by atoms with Crippen molar-refractivity contribution in [3.63, 3.8) is 0 Å². The Morgan fingerprint density at radius 2 is 1.96 bits per heavy atom. The van der Waals surface area contributed by atoms with E-state index in [9.17, 15) is 18.3 Å². The highest BCUT2D eigenvalue weighted by molar-refractivity contribution is 7.89. The van der Waals surface area contributed by atoms with Crippen LogP contribution in [0.2, 0.25) is 0 Å². The Hall–Kier alpha value is -1.44. The molecule has 1 N–H and O–H groups in total. The van der Waals surface area contributed by atoms with Gasteiger partial charge in [0.1, 0.15) is 0 Å². The minimum Gasteiger partial charge on any atom is -0.478 e. The molecule has 7 heteroatoms. The van der Waals surface area contributed by atoms with E-state index < -0.39 is 16.0 Å². The summed E-state index contributed by atoms with van der Waals surface area (Å²) in [5, 5.41) is 9.34. The van der Waals surface area contributed by atoms with Crippen molar-refractivity contribution in [1.82, 2.24) is 9.21 Å². The first-order valence-corrected chi connectivity index (χ1v) is 10.4. The van der Waals surface area contributed by atoms with Gasteiger partial charge in [-0.1, -0.05) is 6.92 Å². The van der Waals surface area contributed by atoms with Gasteiger partial charge in [0.15, 0.2) is 0 Å². The summed E-state index contributed by atoms with van der Waals surface area (Å²) in [5.41, 5.74) is 1.74. The molecule has 1 aliphatic heterocycles. The topological polar surface area (TPSA) is 77.9 Å². The number of carboxylic acids is 1. The van der Waals surface area contributed by atoms with Crippen LogP contribution in [0.25, 0.3) is 0 Å². The molecule has 1 fully saturated rings. The zero-order valence-corrected chi connectivity index (χ0v) is 15.7. The molecule has 25 heavy (non-hydrogen) atoms. The third kappa shape index (κ3) is 3.45. The van der Waals surface area contributed by atoms with Gasteiger partial charge in [-0.05, 0) is 75.0 Å². The van der Waals surface area contributed by atoms with Crippen molar-refractivity contribution in [3.05, 3.63) is 28.8 Å². The smallest absolute Gasteiger partial charge is 0.335 e. The van der Waals surface area contributed by atoms with E-state index in [1.165, 1.54) is 10.4 Å². The molecule has 1 saturated heterocycles.